The molecule has 0 radical (unpaired) electrons. The molecule has 26 heavy (non-hydrogen) atoms. The van der Waals surface area contributed by atoms with Crippen LogP contribution in [0.5, 0.6) is 5.75 Å². The fourth-order valence-electron chi connectivity index (χ4n) is 3.26. The van der Waals surface area contributed by atoms with Gasteiger partial charge in [0.25, 0.3) is 0 Å². The van der Waals surface area contributed by atoms with Crippen LogP contribution in [0.2, 0.25) is 0 Å². The maximum atomic E-state index is 11.2. The van der Waals surface area contributed by atoms with Crippen LogP contribution in [0, 0.1) is 0 Å². The molecule has 0 aromatic heterocycles. The summed E-state index contributed by atoms with van der Waals surface area (Å²) in [5.41, 5.74) is 2.83. The van der Waals surface area contributed by atoms with E-state index < -0.39 is 0 Å². The number of ether oxygens (including phenoxy) is 1. The van der Waals surface area contributed by atoms with Crippen molar-refractivity contribution >= 4 is 29.8 Å². The monoisotopic (exact) mass is 349 g/mol. The number of para-hydroxylation sites is 3. The van der Waals surface area contributed by atoms with Gasteiger partial charge >= 0.3 is 0 Å². The summed E-state index contributed by atoms with van der Waals surface area (Å²) in [7, 11) is 1.64. The summed E-state index contributed by atoms with van der Waals surface area (Å²) in [5, 5.41) is 12.7. The summed E-state index contributed by atoms with van der Waals surface area (Å²) < 4.78 is 5.50. The van der Waals surface area contributed by atoms with Gasteiger partial charge in [-0.05, 0) is 25.1 Å². The number of anilines is 2. The van der Waals surface area contributed by atoms with Crippen molar-refractivity contribution in [1.82, 2.24) is 5.01 Å². The molecule has 0 saturated carbocycles. The Morgan fingerprint density at radius 2 is 1.85 bits per heavy atom. The number of fused-ring (bicyclic) bond motifs is 3. The Labute approximate surface area is 151 Å². The molecule has 0 amide bonds. The van der Waals surface area contributed by atoms with Crippen LogP contribution in [-0.2, 0) is 4.79 Å². The number of carbonyl (C=O) groups is 1. The molecule has 0 N–H and O–H groups in total. The lowest BCUT2D eigenvalue weighted by Gasteiger charge is -2.30. The van der Waals surface area contributed by atoms with Crippen LogP contribution >= 0.6 is 0 Å². The van der Waals surface area contributed by atoms with Gasteiger partial charge in [0, 0.05) is 5.56 Å². The smallest absolute Gasteiger partial charge is 0.246 e. The number of guanidine groups is 1. The van der Waals surface area contributed by atoms with E-state index in [4.69, 9.17) is 9.84 Å². The van der Waals surface area contributed by atoms with Crippen LogP contribution in [-0.4, -0.2) is 43.3 Å². The minimum absolute atomic E-state index is 0.113. The number of carbonyl (C=O) groups excluding carboxylic acids is 1. The largest absolute Gasteiger partial charge is 0.495 e. The number of methoxy groups -OCH3 is 1. The van der Waals surface area contributed by atoms with E-state index in [9.17, 15) is 4.79 Å². The minimum atomic E-state index is -0.113. The average Bonchev–Trinajstić information content (AvgIpc) is 2.93. The van der Waals surface area contributed by atoms with Crippen LogP contribution < -0.4 is 14.6 Å². The van der Waals surface area contributed by atoms with Crippen molar-refractivity contribution in [3.63, 3.8) is 0 Å². The molecular formula is C19H19N5O2. The lowest BCUT2D eigenvalue weighted by atomic mass is 10.1. The molecule has 4 rings (SSSR count). The Hall–Kier alpha value is -3.35. The number of benzene rings is 2. The number of hydrogen-bond acceptors (Lipinski definition) is 7. The SMILES string of the molecule is COc1ccccc1N1N=C2N(CC=O)N=Cc3ccccc3N2C1C. The molecule has 0 fully saturated rings. The number of aldehydes is 1. The number of hydrogen-bond donors (Lipinski definition) is 0. The molecule has 2 aliphatic rings. The Kier molecular flexibility index (Phi) is 4.04. The highest BCUT2D eigenvalue weighted by Crippen LogP contribution is 2.37. The summed E-state index contributed by atoms with van der Waals surface area (Å²) >= 11 is 0. The molecular weight excluding hydrogens is 330 g/mol. The third-order valence-corrected chi connectivity index (χ3v) is 4.48. The van der Waals surface area contributed by atoms with E-state index in [1.807, 2.05) is 53.5 Å². The summed E-state index contributed by atoms with van der Waals surface area (Å²) in [6.07, 6.45) is 2.47. The highest BCUT2D eigenvalue weighted by molar-refractivity contribution is 6.06. The topological polar surface area (TPSA) is 60.7 Å². The first-order chi connectivity index (χ1) is 12.7. The lowest BCUT2D eigenvalue weighted by Crippen LogP contribution is -2.45. The quantitative estimate of drug-likeness (QED) is 0.794. The number of hydrazone groups is 2. The fraction of sp³-hybridized carbons (Fsp3) is 0.211. The van der Waals surface area contributed by atoms with E-state index in [2.05, 4.69) is 16.9 Å². The third kappa shape index (κ3) is 2.48. The predicted molar refractivity (Wildman–Crippen MR) is 102 cm³/mol. The van der Waals surface area contributed by atoms with E-state index >= 15 is 0 Å². The van der Waals surface area contributed by atoms with E-state index in [0.29, 0.717) is 5.96 Å². The highest BCUT2D eigenvalue weighted by atomic mass is 16.5. The Morgan fingerprint density at radius 1 is 1.12 bits per heavy atom. The molecule has 1 atom stereocenters. The number of rotatable bonds is 4. The van der Waals surface area contributed by atoms with E-state index in [0.717, 1.165) is 29.0 Å². The fourth-order valence-corrected chi connectivity index (χ4v) is 3.26. The van der Waals surface area contributed by atoms with Crippen LogP contribution in [0.4, 0.5) is 11.4 Å². The lowest BCUT2D eigenvalue weighted by molar-refractivity contribution is -0.108. The minimum Gasteiger partial charge on any atom is -0.495 e. The molecule has 0 saturated heterocycles. The molecule has 7 nitrogen and oxygen atoms in total. The molecule has 7 heteroatoms. The molecule has 2 heterocycles. The van der Waals surface area contributed by atoms with Gasteiger partial charge in [-0.1, -0.05) is 30.3 Å². The van der Waals surface area contributed by atoms with Gasteiger partial charge in [0.05, 0.1) is 19.0 Å². The maximum absolute atomic E-state index is 11.2. The van der Waals surface area contributed by atoms with Crippen LogP contribution in [0.25, 0.3) is 0 Å². The van der Waals surface area contributed by atoms with Gasteiger partial charge in [0.1, 0.15) is 30.4 Å². The van der Waals surface area contributed by atoms with Gasteiger partial charge in [-0.25, -0.2) is 10.0 Å². The van der Waals surface area contributed by atoms with Crippen LogP contribution in [0.1, 0.15) is 12.5 Å². The molecule has 2 aromatic rings. The van der Waals surface area contributed by atoms with Crippen molar-refractivity contribution in [2.75, 3.05) is 23.6 Å². The maximum Gasteiger partial charge on any atom is 0.246 e. The summed E-state index contributed by atoms with van der Waals surface area (Å²) in [5.74, 6) is 1.34. The van der Waals surface area contributed by atoms with E-state index in [1.54, 1.807) is 18.3 Å². The van der Waals surface area contributed by atoms with Gasteiger partial charge in [-0.3, -0.25) is 4.90 Å². The Bertz CT molecular complexity index is 895. The van der Waals surface area contributed by atoms with Crippen molar-refractivity contribution in [2.45, 2.75) is 13.1 Å². The first-order valence-corrected chi connectivity index (χ1v) is 8.39. The number of nitrogens with zero attached hydrogens (tertiary/aromatic N) is 5. The molecule has 0 aliphatic carbocycles. The second kappa shape index (κ2) is 6.51. The van der Waals surface area contributed by atoms with Gasteiger partial charge < -0.3 is 9.53 Å². The van der Waals surface area contributed by atoms with Crippen molar-refractivity contribution in [3.05, 3.63) is 54.1 Å². The summed E-state index contributed by atoms with van der Waals surface area (Å²) in [6.45, 7) is 2.19. The Morgan fingerprint density at radius 3 is 2.62 bits per heavy atom. The van der Waals surface area contributed by atoms with Gasteiger partial charge in [0.2, 0.25) is 5.96 Å². The third-order valence-electron chi connectivity index (χ3n) is 4.48. The predicted octanol–water partition coefficient (Wildman–Crippen LogP) is 2.49. The molecule has 2 aliphatic heterocycles. The van der Waals surface area contributed by atoms with E-state index in [1.165, 1.54) is 0 Å². The van der Waals surface area contributed by atoms with Gasteiger partial charge in [0.15, 0.2) is 0 Å². The normalized spacial score (nSPS) is 18.2. The summed E-state index contributed by atoms with van der Waals surface area (Å²) in [4.78, 5) is 13.2. The standard InChI is InChI=1S/C19H19N5O2/c1-14-23-16-8-4-3-7-15(16)13-20-22(11-12-25)19(23)21-24(14)17-9-5-6-10-18(17)26-2/h3-10,12-14H,11H2,1-2H3. The molecule has 1 unspecified atom stereocenters. The zero-order valence-corrected chi connectivity index (χ0v) is 14.6. The van der Waals surface area contributed by atoms with E-state index in [-0.39, 0.29) is 12.7 Å². The second-order valence-electron chi connectivity index (χ2n) is 5.97. The van der Waals surface area contributed by atoms with Crippen molar-refractivity contribution in [1.29, 1.82) is 0 Å². The first kappa shape index (κ1) is 16.1. The van der Waals surface area contributed by atoms with Gasteiger partial charge in [-0.2, -0.15) is 5.10 Å². The van der Waals surface area contributed by atoms with Crippen LogP contribution in [0.3, 0.4) is 0 Å². The zero-order chi connectivity index (χ0) is 18.1. The van der Waals surface area contributed by atoms with Crippen molar-refractivity contribution in [2.24, 2.45) is 10.2 Å². The highest BCUT2D eigenvalue weighted by Gasteiger charge is 2.38. The first-order valence-electron chi connectivity index (χ1n) is 8.39. The van der Waals surface area contributed by atoms with Crippen molar-refractivity contribution < 1.29 is 9.53 Å². The molecule has 0 spiro atoms. The molecule has 0 bridgehead atoms. The average molecular weight is 349 g/mol. The summed E-state index contributed by atoms with van der Waals surface area (Å²) in [6, 6.07) is 15.7. The second-order valence-corrected chi connectivity index (χ2v) is 5.97. The van der Waals surface area contributed by atoms with Crippen LogP contribution in [0.15, 0.2) is 58.7 Å². The Balaban J connectivity index is 1.85. The van der Waals surface area contributed by atoms with Gasteiger partial charge in [-0.15, -0.1) is 5.10 Å². The zero-order valence-electron chi connectivity index (χ0n) is 14.6. The molecule has 2 aromatic carbocycles. The van der Waals surface area contributed by atoms with Crippen molar-refractivity contribution in [3.8, 4) is 5.75 Å². The molecule has 132 valence electrons.